The minimum atomic E-state index is -0.156. The van der Waals surface area contributed by atoms with Crippen molar-refractivity contribution in [1.29, 1.82) is 0 Å². The Morgan fingerprint density at radius 2 is 1.75 bits per heavy atom. The number of benzene rings is 2. The first kappa shape index (κ1) is 23.6. The minimum Gasteiger partial charge on any atom is -0.484 e. The lowest BCUT2D eigenvalue weighted by atomic mass is 10.1. The molecule has 1 aliphatic heterocycles. The number of hydrogen-bond donors (Lipinski definition) is 1. The van der Waals surface area contributed by atoms with E-state index in [1.165, 1.54) is 4.90 Å². The van der Waals surface area contributed by atoms with Crippen molar-refractivity contribution in [3.8, 4) is 5.75 Å². The summed E-state index contributed by atoms with van der Waals surface area (Å²) in [6.45, 7) is 2.37. The maximum atomic E-state index is 12.9. The summed E-state index contributed by atoms with van der Waals surface area (Å²) in [7, 11) is 3.32. The molecule has 32 heavy (non-hydrogen) atoms. The molecule has 9 heteroatoms. The quantitative estimate of drug-likeness (QED) is 0.687. The number of piperazine rings is 1. The molecule has 0 radical (unpaired) electrons. The fourth-order valence-corrected chi connectivity index (χ4v) is 3.42. The highest BCUT2D eigenvalue weighted by atomic mass is 35.5. The number of nitrogens with zero attached hydrogens (tertiary/aromatic N) is 3. The van der Waals surface area contributed by atoms with Gasteiger partial charge in [-0.3, -0.25) is 19.3 Å². The minimum absolute atomic E-state index is 0.0838. The second-order valence-corrected chi connectivity index (χ2v) is 8.11. The molecule has 0 aromatic heterocycles. The largest absolute Gasteiger partial charge is 0.484 e. The summed E-state index contributed by atoms with van der Waals surface area (Å²) in [4.78, 5) is 42.1. The molecule has 1 N–H and O–H groups in total. The fourth-order valence-electron chi connectivity index (χ4n) is 3.24. The van der Waals surface area contributed by atoms with E-state index in [0.29, 0.717) is 48.2 Å². The number of hydrogen-bond acceptors (Lipinski definition) is 5. The van der Waals surface area contributed by atoms with E-state index >= 15 is 0 Å². The maximum Gasteiger partial charge on any atom is 0.259 e. The van der Waals surface area contributed by atoms with Crippen molar-refractivity contribution in [1.82, 2.24) is 14.7 Å². The number of para-hydroxylation sites is 1. The van der Waals surface area contributed by atoms with E-state index in [2.05, 4.69) is 5.32 Å². The third-order valence-electron chi connectivity index (χ3n) is 5.12. The monoisotopic (exact) mass is 458 g/mol. The van der Waals surface area contributed by atoms with E-state index < -0.39 is 0 Å². The van der Waals surface area contributed by atoms with Gasteiger partial charge in [0.15, 0.2) is 6.61 Å². The van der Waals surface area contributed by atoms with Gasteiger partial charge in [-0.1, -0.05) is 29.8 Å². The lowest BCUT2D eigenvalue weighted by Crippen LogP contribution is -2.50. The van der Waals surface area contributed by atoms with Crippen LogP contribution in [0.2, 0.25) is 5.02 Å². The van der Waals surface area contributed by atoms with E-state index in [1.54, 1.807) is 61.5 Å². The van der Waals surface area contributed by atoms with E-state index in [0.717, 1.165) is 0 Å². The zero-order chi connectivity index (χ0) is 23.1. The molecule has 3 rings (SSSR count). The standard InChI is InChI=1S/C23H27ClN4O4/c1-26(2)22(30)16-32-18-7-5-6-17(14-18)23(31)28-12-10-27(11-13-28)15-21(29)25-20-9-4-3-8-19(20)24/h3-9,14H,10-13,15-16H2,1-2H3,(H,25,29). The van der Waals surface area contributed by atoms with Crippen molar-refractivity contribution < 1.29 is 19.1 Å². The molecule has 8 nitrogen and oxygen atoms in total. The van der Waals surface area contributed by atoms with Crippen LogP contribution in [0.3, 0.4) is 0 Å². The summed E-state index contributed by atoms with van der Waals surface area (Å²) >= 11 is 6.08. The van der Waals surface area contributed by atoms with Crippen molar-refractivity contribution in [2.75, 3.05) is 58.7 Å². The molecule has 0 spiro atoms. The zero-order valence-electron chi connectivity index (χ0n) is 18.2. The van der Waals surface area contributed by atoms with Gasteiger partial charge in [-0.25, -0.2) is 0 Å². The Morgan fingerprint density at radius 1 is 1.03 bits per heavy atom. The number of halogens is 1. The summed E-state index contributed by atoms with van der Waals surface area (Å²) in [6.07, 6.45) is 0. The molecule has 3 amide bonds. The third kappa shape index (κ3) is 6.45. The van der Waals surface area contributed by atoms with Crippen molar-refractivity contribution in [2.24, 2.45) is 0 Å². The van der Waals surface area contributed by atoms with Crippen LogP contribution in [0.5, 0.6) is 5.75 Å². The van der Waals surface area contributed by atoms with Crippen LogP contribution < -0.4 is 10.1 Å². The van der Waals surface area contributed by atoms with E-state index in [9.17, 15) is 14.4 Å². The molecular formula is C23H27ClN4O4. The van der Waals surface area contributed by atoms with Gasteiger partial charge in [0, 0.05) is 45.8 Å². The van der Waals surface area contributed by atoms with Gasteiger partial charge in [0.25, 0.3) is 11.8 Å². The second kappa shape index (κ2) is 11.0. The highest BCUT2D eigenvalue weighted by Gasteiger charge is 2.24. The average molecular weight is 459 g/mol. The lowest BCUT2D eigenvalue weighted by Gasteiger charge is -2.34. The Balaban J connectivity index is 1.49. The highest BCUT2D eigenvalue weighted by molar-refractivity contribution is 6.33. The number of likely N-dealkylation sites (N-methyl/N-ethyl adjacent to an activating group) is 1. The number of carbonyl (C=O) groups is 3. The molecular weight excluding hydrogens is 432 g/mol. The Labute approximate surface area is 192 Å². The first-order valence-electron chi connectivity index (χ1n) is 10.3. The normalized spacial score (nSPS) is 14.0. The van der Waals surface area contributed by atoms with E-state index in [4.69, 9.17) is 16.3 Å². The van der Waals surface area contributed by atoms with Crippen molar-refractivity contribution in [2.45, 2.75) is 0 Å². The Kier molecular flexibility index (Phi) is 8.08. The molecule has 0 saturated carbocycles. The van der Waals surface area contributed by atoms with Gasteiger partial charge < -0.3 is 19.9 Å². The van der Waals surface area contributed by atoms with Gasteiger partial charge in [0.1, 0.15) is 5.75 Å². The van der Waals surface area contributed by atoms with Crippen LogP contribution in [0.15, 0.2) is 48.5 Å². The lowest BCUT2D eigenvalue weighted by molar-refractivity contribution is -0.130. The molecule has 1 heterocycles. The van der Waals surface area contributed by atoms with Crippen LogP contribution >= 0.6 is 11.6 Å². The molecule has 0 aliphatic carbocycles. The summed E-state index contributed by atoms with van der Waals surface area (Å²) in [5.41, 5.74) is 1.09. The van der Waals surface area contributed by atoms with Crippen LogP contribution in [-0.4, -0.2) is 85.8 Å². The molecule has 1 saturated heterocycles. The topological polar surface area (TPSA) is 82.2 Å². The molecule has 2 aromatic rings. The number of rotatable bonds is 7. The van der Waals surface area contributed by atoms with Crippen LogP contribution in [-0.2, 0) is 9.59 Å². The Hall–Kier alpha value is -3.10. The molecule has 1 fully saturated rings. The fraction of sp³-hybridized carbons (Fsp3) is 0.348. The smallest absolute Gasteiger partial charge is 0.259 e. The van der Waals surface area contributed by atoms with Crippen LogP contribution in [0.1, 0.15) is 10.4 Å². The molecule has 0 bridgehead atoms. The van der Waals surface area contributed by atoms with Gasteiger partial charge in [0.05, 0.1) is 17.3 Å². The number of anilines is 1. The van der Waals surface area contributed by atoms with Gasteiger partial charge in [0.2, 0.25) is 5.91 Å². The molecule has 1 aliphatic rings. The second-order valence-electron chi connectivity index (χ2n) is 7.70. The summed E-state index contributed by atoms with van der Waals surface area (Å²) in [5, 5.41) is 3.31. The summed E-state index contributed by atoms with van der Waals surface area (Å²) in [5.74, 6) is 0.0712. The van der Waals surface area contributed by atoms with Crippen LogP contribution in [0.25, 0.3) is 0 Å². The van der Waals surface area contributed by atoms with Gasteiger partial charge in [-0.05, 0) is 30.3 Å². The average Bonchev–Trinajstić information content (AvgIpc) is 2.79. The zero-order valence-corrected chi connectivity index (χ0v) is 19.0. The molecule has 0 unspecified atom stereocenters. The molecule has 0 atom stereocenters. The number of nitrogens with one attached hydrogen (secondary N) is 1. The SMILES string of the molecule is CN(C)C(=O)COc1cccc(C(=O)N2CCN(CC(=O)Nc3ccccc3Cl)CC2)c1. The van der Waals surface area contributed by atoms with Gasteiger partial charge in [-0.2, -0.15) is 0 Å². The van der Waals surface area contributed by atoms with Gasteiger partial charge >= 0.3 is 0 Å². The van der Waals surface area contributed by atoms with Crippen molar-refractivity contribution in [3.05, 3.63) is 59.1 Å². The predicted octanol–water partition coefficient (Wildman–Crippen LogP) is 2.20. The van der Waals surface area contributed by atoms with Crippen molar-refractivity contribution in [3.63, 3.8) is 0 Å². The Bertz CT molecular complexity index is 974. The van der Waals surface area contributed by atoms with Crippen LogP contribution in [0.4, 0.5) is 5.69 Å². The summed E-state index contributed by atoms with van der Waals surface area (Å²) < 4.78 is 5.50. The molecule has 170 valence electrons. The van der Waals surface area contributed by atoms with E-state index in [-0.39, 0.29) is 30.9 Å². The number of amides is 3. The van der Waals surface area contributed by atoms with Crippen molar-refractivity contribution >= 4 is 35.0 Å². The predicted molar refractivity (Wildman–Crippen MR) is 123 cm³/mol. The summed E-state index contributed by atoms with van der Waals surface area (Å²) in [6, 6.07) is 13.9. The maximum absolute atomic E-state index is 12.9. The number of ether oxygens (including phenoxy) is 1. The number of carbonyl (C=O) groups excluding carboxylic acids is 3. The first-order valence-corrected chi connectivity index (χ1v) is 10.7. The third-order valence-corrected chi connectivity index (χ3v) is 5.45. The van der Waals surface area contributed by atoms with E-state index in [1.807, 2.05) is 11.0 Å². The highest BCUT2D eigenvalue weighted by Crippen LogP contribution is 2.20. The van der Waals surface area contributed by atoms with Crippen LogP contribution in [0, 0.1) is 0 Å². The van der Waals surface area contributed by atoms with Gasteiger partial charge in [-0.15, -0.1) is 0 Å². The first-order chi connectivity index (χ1) is 15.3. The Morgan fingerprint density at radius 3 is 2.44 bits per heavy atom. The molecule has 2 aromatic carbocycles.